The Balaban J connectivity index is 2.95. The summed E-state index contributed by atoms with van der Waals surface area (Å²) < 4.78 is 10.0. The number of hydrogen-bond acceptors (Lipinski definition) is 4. The van der Waals surface area contributed by atoms with Crippen molar-refractivity contribution in [3.8, 4) is 0 Å². The number of carbonyl (C=O) groups excluding carboxylic acids is 1. The Kier molecular flexibility index (Phi) is 9.61. The van der Waals surface area contributed by atoms with Crippen LogP contribution in [0.3, 0.4) is 0 Å². The average molecular weight is 205 g/mol. The minimum absolute atomic E-state index is 0.356. The molecule has 2 amide bonds. The average Bonchev–Trinajstić information content (AvgIpc) is 2.21. The molecule has 0 bridgehead atoms. The van der Waals surface area contributed by atoms with E-state index in [2.05, 4.69) is 5.32 Å². The summed E-state index contributed by atoms with van der Waals surface area (Å²) in [4.78, 5) is 10.6. The summed E-state index contributed by atoms with van der Waals surface area (Å²) in [6.07, 6.45) is 1.79. The first kappa shape index (κ1) is 13.2. The van der Waals surface area contributed by atoms with Crippen LogP contribution in [0.2, 0.25) is 0 Å². The summed E-state index contributed by atoms with van der Waals surface area (Å²) in [7, 11) is 1.64. The summed E-state index contributed by atoms with van der Waals surface area (Å²) in [6.45, 7) is 2.53. The summed E-state index contributed by atoms with van der Waals surface area (Å²) in [6, 6.07) is -0.356. The Hall–Kier alpha value is -0.850. The van der Waals surface area contributed by atoms with Gasteiger partial charge in [0.05, 0.1) is 13.2 Å². The molecule has 4 N–H and O–H groups in total. The Morgan fingerprint density at radius 1 is 1.29 bits per heavy atom. The van der Waals surface area contributed by atoms with Crippen LogP contribution in [0, 0.1) is 0 Å². The number of unbranched alkanes of at least 4 members (excludes halogenated alkanes) is 1. The van der Waals surface area contributed by atoms with Crippen LogP contribution in [0.15, 0.2) is 0 Å². The number of nitrogens with two attached hydrogens (primary N) is 1. The largest absolute Gasteiger partial charge is 0.382 e. The highest BCUT2D eigenvalue weighted by Gasteiger charge is 1.94. The second-order valence-corrected chi connectivity index (χ2v) is 2.71. The predicted molar refractivity (Wildman–Crippen MR) is 52.7 cm³/mol. The maximum atomic E-state index is 10.6. The zero-order valence-corrected chi connectivity index (χ0v) is 8.54. The van der Waals surface area contributed by atoms with Crippen molar-refractivity contribution in [3.05, 3.63) is 0 Å². The van der Waals surface area contributed by atoms with Gasteiger partial charge in [0, 0.05) is 20.3 Å². The molecule has 0 aromatic carbocycles. The van der Waals surface area contributed by atoms with Gasteiger partial charge >= 0.3 is 6.03 Å². The van der Waals surface area contributed by atoms with Crippen molar-refractivity contribution in [2.24, 2.45) is 5.84 Å². The van der Waals surface area contributed by atoms with E-state index in [-0.39, 0.29) is 6.03 Å². The van der Waals surface area contributed by atoms with Gasteiger partial charge in [-0.25, -0.2) is 10.6 Å². The Morgan fingerprint density at radius 2 is 2.07 bits per heavy atom. The molecule has 0 heterocycles. The van der Waals surface area contributed by atoms with Gasteiger partial charge in [0.1, 0.15) is 0 Å². The van der Waals surface area contributed by atoms with E-state index in [0.29, 0.717) is 26.4 Å². The van der Waals surface area contributed by atoms with Gasteiger partial charge in [-0.1, -0.05) is 0 Å². The van der Waals surface area contributed by atoms with Crippen molar-refractivity contribution >= 4 is 6.03 Å². The molecule has 0 aliphatic rings. The van der Waals surface area contributed by atoms with Gasteiger partial charge in [-0.3, -0.25) is 5.43 Å². The van der Waals surface area contributed by atoms with Crippen molar-refractivity contribution in [2.45, 2.75) is 12.8 Å². The first-order valence-corrected chi connectivity index (χ1v) is 4.62. The van der Waals surface area contributed by atoms with Gasteiger partial charge in [-0.2, -0.15) is 0 Å². The van der Waals surface area contributed by atoms with Crippen LogP contribution in [0.25, 0.3) is 0 Å². The smallest absolute Gasteiger partial charge is 0.328 e. The van der Waals surface area contributed by atoms with E-state index >= 15 is 0 Å². The molecule has 0 aromatic heterocycles. The fraction of sp³-hybridized carbons (Fsp3) is 0.875. The van der Waals surface area contributed by atoms with Crippen molar-refractivity contribution in [3.63, 3.8) is 0 Å². The molecule has 0 atom stereocenters. The fourth-order valence-electron chi connectivity index (χ4n) is 0.826. The van der Waals surface area contributed by atoms with Crippen LogP contribution in [-0.2, 0) is 9.47 Å². The SMILES string of the molecule is COCCOCCCCNC(=O)NN. The third kappa shape index (κ3) is 9.24. The maximum absolute atomic E-state index is 10.6. The van der Waals surface area contributed by atoms with Gasteiger partial charge in [0.2, 0.25) is 0 Å². The highest BCUT2D eigenvalue weighted by molar-refractivity contribution is 5.72. The second-order valence-electron chi connectivity index (χ2n) is 2.71. The first-order chi connectivity index (χ1) is 6.81. The molecule has 0 aromatic rings. The van der Waals surface area contributed by atoms with Crippen molar-refractivity contribution in [1.82, 2.24) is 10.7 Å². The molecule has 0 spiro atoms. The molecule has 0 saturated heterocycles. The van der Waals surface area contributed by atoms with E-state index in [1.54, 1.807) is 7.11 Å². The standard InChI is InChI=1S/C8H19N3O3/c1-13-6-7-14-5-3-2-4-10-8(12)11-9/h2-7,9H2,1H3,(H2,10,11,12). The zero-order valence-electron chi connectivity index (χ0n) is 8.54. The molecule has 0 radical (unpaired) electrons. The third-order valence-corrected chi connectivity index (χ3v) is 1.56. The van der Waals surface area contributed by atoms with E-state index in [0.717, 1.165) is 12.8 Å². The van der Waals surface area contributed by atoms with Gasteiger partial charge in [-0.15, -0.1) is 0 Å². The van der Waals surface area contributed by atoms with Crippen molar-refractivity contribution < 1.29 is 14.3 Å². The summed E-state index contributed by atoms with van der Waals surface area (Å²) >= 11 is 0. The fourth-order valence-corrected chi connectivity index (χ4v) is 0.826. The Bertz CT molecular complexity index is 144. The van der Waals surface area contributed by atoms with Gasteiger partial charge in [0.15, 0.2) is 0 Å². The molecule has 0 aliphatic carbocycles. The number of rotatable bonds is 8. The number of nitrogens with one attached hydrogen (secondary N) is 2. The van der Waals surface area contributed by atoms with Crippen LogP contribution in [0.1, 0.15) is 12.8 Å². The molecule has 6 nitrogen and oxygen atoms in total. The molecule has 0 saturated carbocycles. The van der Waals surface area contributed by atoms with E-state index in [9.17, 15) is 4.79 Å². The molecule has 0 fully saturated rings. The van der Waals surface area contributed by atoms with Gasteiger partial charge in [0.25, 0.3) is 0 Å². The van der Waals surface area contributed by atoms with Crippen LogP contribution >= 0.6 is 0 Å². The van der Waals surface area contributed by atoms with E-state index in [1.165, 1.54) is 0 Å². The number of ether oxygens (including phenoxy) is 2. The van der Waals surface area contributed by atoms with Crippen LogP contribution < -0.4 is 16.6 Å². The number of urea groups is 1. The summed E-state index contributed by atoms with van der Waals surface area (Å²) in [5.41, 5.74) is 1.99. The quantitative estimate of drug-likeness (QED) is 0.218. The highest BCUT2D eigenvalue weighted by Crippen LogP contribution is 1.88. The van der Waals surface area contributed by atoms with E-state index in [1.807, 2.05) is 5.43 Å². The van der Waals surface area contributed by atoms with Crippen LogP contribution in [0.5, 0.6) is 0 Å². The lowest BCUT2D eigenvalue weighted by Crippen LogP contribution is -2.40. The van der Waals surface area contributed by atoms with Crippen LogP contribution in [-0.4, -0.2) is 39.5 Å². The summed E-state index contributed by atoms with van der Waals surface area (Å²) in [5.74, 6) is 4.87. The predicted octanol–water partition coefficient (Wildman–Crippen LogP) is -0.397. The number of methoxy groups -OCH3 is 1. The third-order valence-electron chi connectivity index (χ3n) is 1.56. The van der Waals surface area contributed by atoms with Crippen molar-refractivity contribution in [2.75, 3.05) is 33.5 Å². The second kappa shape index (κ2) is 10.2. The van der Waals surface area contributed by atoms with Gasteiger partial charge in [-0.05, 0) is 12.8 Å². The van der Waals surface area contributed by atoms with Crippen LogP contribution in [0.4, 0.5) is 4.79 Å². The molecule has 0 unspecified atom stereocenters. The van der Waals surface area contributed by atoms with Gasteiger partial charge < -0.3 is 14.8 Å². The molecule has 0 aliphatic heterocycles. The molecule has 84 valence electrons. The minimum Gasteiger partial charge on any atom is -0.382 e. The number of carbonyl (C=O) groups is 1. The van der Waals surface area contributed by atoms with E-state index in [4.69, 9.17) is 15.3 Å². The topological polar surface area (TPSA) is 85.6 Å². The first-order valence-electron chi connectivity index (χ1n) is 4.62. The lowest BCUT2D eigenvalue weighted by Gasteiger charge is -2.04. The van der Waals surface area contributed by atoms with E-state index < -0.39 is 0 Å². The maximum Gasteiger partial charge on any atom is 0.328 e. The highest BCUT2D eigenvalue weighted by atomic mass is 16.5. The number of amides is 2. The molecule has 6 heteroatoms. The lowest BCUT2D eigenvalue weighted by atomic mass is 10.3. The molecule has 14 heavy (non-hydrogen) atoms. The summed E-state index contributed by atoms with van der Waals surface area (Å²) in [5, 5.41) is 2.58. The van der Waals surface area contributed by atoms with Crippen molar-refractivity contribution in [1.29, 1.82) is 0 Å². The monoisotopic (exact) mass is 205 g/mol. The normalized spacial score (nSPS) is 9.86. The minimum atomic E-state index is -0.356. The Morgan fingerprint density at radius 3 is 2.71 bits per heavy atom. The number of hydrogen-bond donors (Lipinski definition) is 3. The Labute approximate surface area is 84.1 Å². The number of hydrazine groups is 1. The lowest BCUT2D eigenvalue weighted by molar-refractivity contribution is 0.0688. The molecular weight excluding hydrogens is 186 g/mol. The molecular formula is C8H19N3O3. The zero-order chi connectivity index (χ0) is 10.6. The molecule has 0 rings (SSSR count).